The summed E-state index contributed by atoms with van der Waals surface area (Å²) in [6.45, 7) is 7.44. The molecule has 0 aliphatic carbocycles. The van der Waals surface area contributed by atoms with E-state index in [9.17, 15) is 9.59 Å². The van der Waals surface area contributed by atoms with E-state index in [2.05, 4.69) is 49.7 Å². The zero-order chi connectivity index (χ0) is 18.4. The number of nitrogens with zero attached hydrogens (tertiary/aromatic N) is 1. The van der Waals surface area contributed by atoms with E-state index in [1.807, 2.05) is 6.92 Å². The maximum absolute atomic E-state index is 12.7. The van der Waals surface area contributed by atoms with Crippen LogP contribution < -0.4 is 5.32 Å². The van der Waals surface area contributed by atoms with Gasteiger partial charge in [0.1, 0.15) is 5.54 Å². The van der Waals surface area contributed by atoms with Crippen LogP contribution in [0.15, 0.2) is 29.2 Å². The standard InChI is InChI=1S/C20H30N2O2S/c1-15(2)10-13-21-19(24)20(3)12-9-18(23)22(20)14-11-16-5-7-17(25-4)8-6-16/h5-8,15H,9-14H2,1-4H3,(H,21,24). The van der Waals surface area contributed by atoms with E-state index in [4.69, 9.17) is 0 Å². The van der Waals surface area contributed by atoms with E-state index in [1.165, 1.54) is 10.5 Å². The molecule has 138 valence electrons. The first kappa shape index (κ1) is 19.8. The van der Waals surface area contributed by atoms with Gasteiger partial charge in [0.05, 0.1) is 0 Å². The first-order valence-corrected chi connectivity index (χ1v) is 10.3. The highest BCUT2D eigenvalue weighted by molar-refractivity contribution is 7.98. The van der Waals surface area contributed by atoms with Gasteiger partial charge >= 0.3 is 0 Å². The first-order valence-electron chi connectivity index (χ1n) is 9.08. The molecule has 0 aromatic heterocycles. The van der Waals surface area contributed by atoms with E-state index in [0.29, 0.717) is 31.8 Å². The van der Waals surface area contributed by atoms with Crippen molar-refractivity contribution in [3.05, 3.63) is 29.8 Å². The molecule has 25 heavy (non-hydrogen) atoms. The van der Waals surface area contributed by atoms with Gasteiger partial charge in [0.15, 0.2) is 0 Å². The Labute approximate surface area is 155 Å². The second-order valence-corrected chi connectivity index (χ2v) is 8.24. The second-order valence-electron chi connectivity index (χ2n) is 7.36. The number of amides is 2. The van der Waals surface area contributed by atoms with E-state index < -0.39 is 5.54 Å². The van der Waals surface area contributed by atoms with Crippen molar-refractivity contribution in [2.75, 3.05) is 19.3 Å². The number of benzene rings is 1. The molecule has 0 saturated carbocycles. The lowest BCUT2D eigenvalue weighted by Crippen LogP contribution is -2.55. The molecule has 2 amide bonds. The van der Waals surface area contributed by atoms with Crippen LogP contribution in [0.5, 0.6) is 0 Å². The number of hydrogen-bond donors (Lipinski definition) is 1. The lowest BCUT2D eigenvalue weighted by molar-refractivity contribution is -0.140. The molecule has 1 unspecified atom stereocenters. The average molecular weight is 363 g/mol. The van der Waals surface area contributed by atoms with Gasteiger partial charge in [-0.3, -0.25) is 9.59 Å². The van der Waals surface area contributed by atoms with E-state index in [1.54, 1.807) is 16.7 Å². The van der Waals surface area contributed by atoms with Crippen molar-refractivity contribution in [3.8, 4) is 0 Å². The summed E-state index contributed by atoms with van der Waals surface area (Å²) in [6.07, 6.45) is 4.85. The van der Waals surface area contributed by atoms with Crippen LogP contribution in [0.4, 0.5) is 0 Å². The highest BCUT2D eigenvalue weighted by atomic mass is 32.2. The zero-order valence-electron chi connectivity index (χ0n) is 15.8. The minimum atomic E-state index is -0.715. The summed E-state index contributed by atoms with van der Waals surface area (Å²) in [7, 11) is 0. The van der Waals surface area contributed by atoms with Crippen LogP contribution in [0.3, 0.4) is 0 Å². The zero-order valence-corrected chi connectivity index (χ0v) is 16.6. The summed E-state index contributed by atoms with van der Waals surface area (Å²) in [6, 6.07) is 8.41. The Hall–Kier alpha value is -1.49. The topological polar surface area (TPSA) is 49.4 Å². The van der Waals surface area contributed by atoms with Crippen LogP contribution in [0, 0.1) is 5.92 Å². The Morgan fingerprint density at radius 2 is 2.00 bits per heavy atom. The van der Waals surface area contributed by atoms with Gasteiger partial charge in [-0.25, -0.2) is 0 Å². The molecule has 4 nitrogen and oxygen atoms in total. The van der Waals surface area contributed by atoms with Gasteiger partial charge in [0.2, 0.25) is 11.8 Å². The lowest BCUT2D eigenvalue weighted by Gasteiger charge is -2.34. The Morgan fingerprint density at radius 1 is 1.32 bits per heavy atom. The normalized spacial score (nSPS) is 20.4. The highest BCUT2D eigenvalue weighted by Crippen LogP contribution is 2.30. The van der Waals surface area contributed by atoms with Crippen molar-refractivity contribution in [2.45, 2.75) is 56.9 Å². The molecule has 1 aliphatic rings. The van der Waals surface area contributed by atoms with Crippen molar-refractivity contribution >= 4 is 23.6 Å². The maximum Gasteiger partial charge on any atom is 0.245 e. The van der Waals surface area contributed by atoms with Crippen LogP contribution >= 0.6 is 11.8 Å². The number of hydrogen-bond acceptors (Lipinski definition) is 3. The van der Waals surface area contributed by atoms with Crippen LogP contribution in [-0.2, 0) is 16.0 Å². The molecular weight excluding hydrogens is 332 g/mol. The fourth-order valence-electron chi connectivity index (χ4n) is 3.20. The third kappa shape index (κ3) is 5.00. The van der Waals surface area contributed by atoms with Crippen LogP contribution in [0.1, 0.15) is 45.6 Å². The smallest absolute Gasteiger partial charge is 0.245 e. The molecule has 0 bridgehead atoms. The lowest BCUT2D eigenvalue weighted by atomic mass is 9.97. The number of thioether (sulfide) groups is 1. The third-order valence-electron chi connectivity index (χ3n) is 5.00. The Balaban J connectivity index is 1.98. The molecule has 0 radical (unpaired) electrons. The molecule has 1 aliphatic heterocycles. The maximum atomic E-state index is 12.7. The van der Waals surface area contributed by atoms with Crippen molar-refractivity contribution in [3.63, 3.8) is 0 Å². The highest BCUT2D eigenvalue weighted by Gasteiger charge is 2.46. The van der Waals surface area contributed by atoms with Gasteiger partial charge in [-0.1, -0.05) is 26.0 Å². The van der Waals surface area contributed by atoms with E-state index >= 15 is 0 Å². The monoisotopic (exact) mass is 362 g/mol. The molecule has 1 aromatic carbocycles. The van der Waals surface area contributed by atoms with Crippen LogP contribution in [-0.4, -0.2) is 41.6 Å². The summed E-state index contributed by atoms with van der Waals surface area (Å²) in [5, 5.41) is 3.02. The van der Waals surface area contributed by atoms with Gasteiger partial charge in [-0.15, -0.1) is 11.8 Å². The van der Waals surface area contributed by atoms with E-state index in [-0.39, 0.29) is 11.8 Å². The van der Waals surface area contributed by atoms with Crippen LogP contribution in [0.25, 0.3) is 0 Å². The Kier molecular flexibility index (Phi) is 6.94. The molecule has 1 aromatic rings. The largest absolute Gasteiger partial charge is 0.354 e. The molecule has 0 spiro atoms. The quantitative estimate of drug-likeness (QED) is 0.720. The molecule has 2 rings (SSSR count). The summed E-state index contributed by atoms with van der Waals surface area (Å²) in [4.78, 5) is 28.0. The molecule has 1 saturated heterocycles. The number of likely N-dealkylation sites (tertiary alicyclic amines) is 1. The molecule has 1 heterocycles. The second kappa shape index (κ2) is 8.75. The van der Waals surface area contributed by atoms with Gasteiger partial charge < -0.3 is 10.2 Å². The SMILES string of the molecule is CSc1ccc(CCN2C(=O)CCC2(C)C(=O)NCCC(C)C)cc1. The summed E-state index contributed by atoms with van der Waals surface area (Å²) >= 11 is 1.72. The van der Waals surface area contributed by atoms with Crippen molar-refractivity contribution in [2.24, 2.45) is 5.92 Å². The predicted octanol–water partition coefficient (Wildman–Crippen LogP) is 3.49. The summed E-state index contributed by atoms with van der Waals surface area (Å²) < 4.78 is 0. The molecular formula is C20H30N2O2S. The van der Waals surface area contributed by atoms with Gasteiger partial charge in [0.25, 0.3) is 0 Å². The number of nitrogens with one attached hydrogen (secondary N) is 1. The molecule has 1 atom stereocenters. The number of rotatable bonds is 8. The average Bonchev–Trinajstić information content (AvgIpc) is 2.89. The van der Waals surface area contributed by atoms with Gasteiger partial charge in [-0.05, 0) is 56.1 Å². The minimum Gasteiger partial charge on any atom is -0.354 e. The fourth-order valence-corrected chi connectivity index (χ4v) is 3.61. The third-order valence-corrected chi connectivity index (χ3v) is 5.75. The predicted molar refractivity (Wildman–Crippen MR) is 104 cm³/mol. The van der Waals surface area contributed by atoms with Crippen molar-refractivity contribution in [1.29, 1.82) is 0 Å². The van der Waals surface area contributed by atoms with Crippen molar-refractivity contribution in [1.82, 2.24) is 10.2 Å². The summed E-state index contributed by atoms with van der Waals surface area (Å²) in [5.41, 5.74) is 0.479. The first-order chi connectivity index (χ1) is 11.9. The molecule has 1 N–H and O–H groups in total. The Bertz CT molecular complexity index is 600. The van der Waals surface area contributed by atoms with E-state index in [0.717, 1.165) is 12.8 Å². The van der Waals surface area contributed by atoms with Crippen LogP contribution in [0.2, 0.25) is 0 Å². The Morgan fingerprint density at radius 3 is 2.60 bits per heavy atom. The minimum absolute atomic E-state index is 0.0169. The fraction of sp³-hybridized carbons (Fsp3) is 0.600. The van der Waals surface area contributed by atoms with Gasteiger partial charge in [0, 0.05) is 24.4 Å². The van der Waals surface area contributed by atoms with Gasteiger partial charge in [-0.2, -0.15) is 0 Å². The molecule has 5 heteroatoms. The number of carbonyl (C=O) groups excluding carboxylic acids is 2. The molecule has 1 fully saturated rings. The summed E-state index contributed by atoms with van der Waals surface area (Å²) in [5.74, 6) is 0.623. The van der Waals surface area contributed by atoms with Crippen molar-refractivity contribution < 1.29 is 9.59 Å². The number of carbonyl (C=O) groups is 2.